The van der Waals surface area contributed by atoms with Gasteiger partial charge in [-0.25, -0.2) is 0 Å². The molecule has 2 aliphatic rings. The van der Waals surface area contributed by atoms with E-state index in [9.17, 15) is 9.90 Å². The lowest BCUT2D eigenvalue weighted by Crippen LogP contribution is -2.21. The quantitative estimate of drug-likeness (QED) is 0.879. The Kier molecular flexibility index (Phi) is 4.71. The smallest absolute Gasteiger partial charge is 0.256 e. The van der Waals surface area contributed by atoms with E-state index in [-0.39, 0.29) is 11.3 Å². The maximum Gasteiger partial charge on any atom is 0.256 e. The number of aromatic nitrogens is 1. The Morgan fingerprint density at radius 3 is 2.39 bits per heavy atom. The number of hydrogen-bond donors (Lipinski definition) is 2. The number of nitrogens with one attached hydrogen (secondary N) is 1. The summed E-state index contributed by atoms with van der Waals surface area (Å²) >= 11 is 0. The first-order valence-electron chi connectivity index (χ1n) is 8.70. The normalized spacial score (nSPS) is 18.5. The number of phenolic OH excluding ortho intramolecular Hbond substituents is 1. The summed E-state index contributed by atoms with van der Waals surface area (Å²) in [6.07, 6.45) is 4.33. The minimum atomic E-state index is -0.0909. The highest BCUT2D eigenvalue weighted by Crippen LogP contribution is 2.46. The van der Waals surface area contributed by atoms with Crippen LogP contribution in [0.2, 0.25) is 0 Å². The zero-order valence-corrected chi connectivity index (χ0v) is 13.9. The van der Waals surface area contributed by atoms with Crippen molar-refractivity contribution in [2.45, 2.75) is 51.4 Å². The molecule has 0 bridgehead atoms. The van der Waals surface area contributed by atoms with Gasteiger partial charge >= 0.3 is 0 Å². The molecule has 2 N–H and O–H groups in total. The molecule has 1 saturated carbocycles. The fourth-order valence-electron chi connectivity index (χ4n) is 3.48. The van der Waals surface area contributed by atoms with Crippen molar-refractivity contribution in [3.63, 3.8) is 0 Å². The average Bonchev–Trinajstić information content (AvgIpc) is 3.42. The summed E-state index contributed by atoms with van der Waals surface area (Å²) in [6, 6.07) is 5.16. The van der Waals surface area contributed by atoms with Crippen LogP contribution in [-0.2, 0) is 4.74 Å². The Balaban J connectivity index is 0.000000753. The molecule has 1 aromatic heterocycles. The second-order valence-electron chi connectivity index (χ2n) is 6.17. The Hall–Kier alpha value is -1.81. The summed E-state index contributed by atoms with van der Waals surface area (Å²) in [5.74, 6) is 1.10. The van der Waals surface area contributed by atoms with Gasteiger partial charge in [0, 0.05) is 24.8 Å². The number of rotatable bonds is 2. The first kappa shape index (κ1) is 16.1. The van der Waals surface area contributed by atoms with Gasteiger partial charge in [-0.2, -0.15) is 0 Å². The fourth-order valence-corrected chi connectivity index (χ4v) is 3.48. The Bertz CT molecular complexity index is 740. The van der Waals surface area contributed by atoms with Crippen molar-refractivity contribution in [3.05, 3.63) is 39.8 Å². The van der Waals surface area contributed by atoms with Crippen molar-refractivity contribution in [3.8, 4) is 5.75 Å². The van der Waals surface area contributed by atoms with Gasteiger partial charge in [0.1, 0.15) is 5.75 Å². The molecule has 0 atom stereocenters. The van der Waals surface area contributed by atoms with Crippen LogP contribution < -0.4 is 5.56 Å². The molecule has 1 aliphatic carbocycles. The molecule has 2 aromatic rings. The molecule has 124 valence electrons. The first-order chi connectivity index (χ1) is 11.2. The molecule has 1 aliphatic heterocycles. The lowest BCUT2D eigenvalue weighted by molar-refractivity contribution is 0.0843. The zero-order chi connectivity index (χ0) is 16.4. The fraction of sp³-hybridized carbons (Fsp3) is 0.526. The van der Waals surface area contributed by atoms with Gasteiger partial charge in [-0.1, -0.05) is 19.9 Å². The summed E-state index contributed by atoms with van der Waals surface area (Å²) in [5, 5.41) is 11.3. The number of fused-ring (bicyclic) bond motifs is 1. The van der Waals surface area contributed by atoms with Gasteiger partial charge in [-0.05, 0) is 54.7 Å². The molecular weight excluding hydrogens is 290 g/mol. The van der Waals surface area contributed by atoms with Gasteiger partial charge in [-0.3, -0.25) is 4.79 Å². The lowest BCUT2D eigenvalue weighted by Gasteiger charge is -2.25. The van der Waals surface area contributed by atoms with E-state index < -0.39 is 0 Å². The standard InChI is InChI=1S/C17H19NO3.C2H6/c19-12-3-4-13-14(9-12)17(20)18-16(15(13)10-1-2-10)11-5-7-21-8-6-11;1-2/h3-4,9-11,19H,1-2,5-8H2,(H,18,20);1-2H3. The summed E-state index contributed by atoms with van der Waals surface area (Å²) in [7, 11) is 0. The molecule has 4 rings (SSSR count). The van der Waals surface area contributed by atoms with Gasteiger partial charge in [0.15, 0.2) is 0 Å². The van der Waals surface area contributed by atoms with Crippen LogP contribution in [0.15, 0.2) is 23.0 Å². The van der Waals surface area contributed by atoms with E-state index in [4.69, 9.17) is 4.74 Å². The molecule has 1 aromatic carbocycles. The molecule has 4 heteroatoms. The van der Waals surface area contributed by atoms with Crippen molar-refractivity contribution in [1.82, 2.24) is 4.98 Å². The van der Waals surface area contributed by atoms with E-state index in [0.717, 1.165) is 37.1 Å². The third kappa shape index (κ3) is 3.13. The molecular formula is C19H25NO3. The number of ether oxygens (including phenoxy) is 1. The number of phenols is 1. The summed E-state index contributed by atoms with van der Waals surface area (Å²) in [5.41, 5.74) is 2.33. The van der Waals surface area contributed by atoms with Gasteiger partial charge in [0.25, 0.3) is 5.56 Å². The van der Waals surface area contributed by atoms with Crippen molar-refractivity contribution in [2.75, 3.05) is 13.2 Å². The average molecular weight is 315 g/mol. The molecule has 0 spiro atoms. The minimum absolute atomic E-state index is 0.0909. The maximum atomic E-state index is 12.4. The number of hydrogen-bond acceptors (Lipinski definition) is 3. The van der Waals surface area contributed by atoms with E-state index in [1.54, 1.807) is 12.1 Å². The van der Waals surface area contributed by atoms with Crippen LogP contribution in [0, 0.1) is 0 Å². The van der Waals surface area contributed by atoms with E-state index in [1.807, 2.05) is 19.9 Å². The van der Waals surface area contributed by atoms with Crippen LogP contribution in [0.4, 0.5) is 0 Å². The molecule has 0 unspecified atom stereocenters. The molecule has 4 nitrogen and oxygen atoms in total. The number of H-pyrrole nitrogens is 1. The monoisotopic (exact) mass is 315 g/mol. The van der Waals surface area contributed by atoms with Gasteiger partial charge in [-0.15, -0.1) is 0 Å². The predicted octanol–water partition coefficient (Wildman–Crippen LogP) is 4.03. The van der Waals surface area contributed by atoms with E-state index >= 15 is 0 Å². The molecule has 2 heterocycles. The number of benzene rings is 1. The summed E-state index contributed by atoms with van der Waals surface area (Å²) in [6.45, 7) is 5.54. The largest absolute Gasteiger partial charge is 0.508 e. The van der Waals surface area contributed by atoms with Gasteiger partial charge in [0.05, 0.1) is 5.39 Å². The molecule has 0 radical (unpaired) electrons. The Labute approximate surface area is 136 Å². The van der Waals surface area contributed by atoms with Crippen molar-refractivity contribution < 1.29 is 9.84 Å². The molecule has 23 heavy (non-hydrogen) atoms. The second-order valence-corrected chi connectivity index (χ2v) is 6.17. The third-order valence-electron chi connectivity index (χ3n) is 4.69. The van der Waals surface area contributed by atoms with Crippen LogP contribution in [0.25, 0.3) is 10.8 Å². The van der Waals surface area contributed by atoms with Crippen LogP contribution in [0.3, 0.4) is 0 Å². The van der Waals surface area contributed by atoms with Crippen molar-refractivity contribution in [2.24, 2.45) is 0 Å². The second kappa shape index (κ2) is 6.75. The van der Waals surface area contributed by atoms with E-state index in [0.29, 0.717) is 17.2 Å². The number of pyridine rings is 1. The third-order valence-corrected chi connectivity index (χ3v) is 4.69. The Morgan fingerprint density at radius 2 is 1.74 bits per heavy atom. The van der Waals surface area contributed by atoms with Crippen LogP contribution in [0.1, 0.15) is 62.6 Å². The molecule has 0 amide bonds. The van der Waals surface area contributed by atoms with Gasteiger partial charge in [0.2, 0.25) is 0 Å². The Morgan fingerprint density at radius 1 is 1.04 bits per heavy atom. The zero-order valence-electron chi connectivity index (χ0n) is 13.9. The van der Waals surface area contributed by atoms with Crippen molar-refractivity contribution >= 4 is 10.8 Å². The lowest BCUT2D eigenvalue weighted by atomic mass is 9.88. The predicted molar refractivity (Wildman–Crippen MR) is 92.4 cm³/mol. The highest BCUT2D eigenvalue weighted by molar-refractivity contribution is 5.87. The van der Waals surface area contributed by atoms with E-state index in [2.05, 4.69) is 4.98 Å². The van der Waals surface area contributed by atoms with E-state index in [1.165, 1.54) is 18.4 Å². The molecule has 1 saturated heterocycles. The minimum Gasteiger partial charge on any atom is -0.508 e. The topological polar surface area (TPSA) is 62.3 Å². The molecule has 2 fully saturated rings. The number of aromatic amines is 1. The highest BCUT2D eigenvalue weighted by atomic mass is 16.5. The van der Waals surface area contributed by atoms with Crippen LogP contribution in [-0.4, -0.2) is 23.3 Å². The van der Waals surface area contributed by atoms with Crippen LogP contribution in [0.5, 0.6) is 5.75 Å². The van der Waals surface area contributed by atoms with Crippen LogP contribution >= 0.6 is 0 Å². The first-order valence-corrected chi connectivity index (χ1v) is 8.70. The number of aromatic hydroxyl groups is 1. The summed E-state index contributed by atoms with van der Waals surface area (Å²) < 4.78 is 5.45. The van der Waals surface area contributed by atoms with Gasteiger partial charge < -0.3 is 14.8 Å². The highest BCUT2D eigenvalue weighted by Gasteiger charge is 2.32. The maximum absolute atomic E-state index is 12.4. The SMILES string of the molecule is CC.O=c1[nH]c(C2CCOCC2)c(C2CC2)c2ccc(O)cc12. The van der Waals surface area contributed by atoms with Crippen molar-refractivity contribution in [1.29, 1.82) is 0 Å². The summed E-state index contributed by atoms with van der Waals surface area (Å²) in [4.78, 5) is 15.5.